The summed E-state index contributed by atoms with van der Waals surface area (Å²) in [5, 5.41) is 0. The Morgan fingerprint density at radius 3 is 2.31 bits per heavy atom. The maximum atomic E-state index is 6.81. The van der Waals surface area contributed by atoms with E-state index in [-0.39, 0.29) is 0 Å². The van der Waals surface area contributed by atoms with E-state index >= 15 is 0 Å². The highest BCUT2D eigenvalue weighted by atomic mass is 14.6. The third-order valence-corrected chi connectivity index (χ3v) is 2.08. The van der Waals surface area contributed by atoms with Gasteiger partial charge in [0.2, 0.25) is 0 Å². The van der Waals surface area contributed by atoms with Crippen molar-refractivity contribution in [1.82, 2.24) is 0 Å². The van der Waals surface area contributed by atoms with Crippen LogP contribution in [0, 0.1) is 12.5 Å². The molecule has 0 bridgehead atoms. The molecule has 68 valence electrons. The van der Waals surface area contributed by atoms with Gasteiger partial charge in [0.1, 0.15) is 0 Å². The maximum Gasteiger partial charge on any atom is 0.187 e. The number of aryl methyl sites for hydroxylation is 1. The van der Waals surface area contributed by atoms with E-state index in [1.165, 1.54) is 12.0 Å². The van der Waals surface area contributed by atoms with E-state index in [9.17, 15) is 0 Å². The molecule has 0 atom stereocenters. The van der Waals surface area contributed by atoms with Crippen LogP contribution in [0.1, 0.15) is 25.8 Å². The van der Waals surface area contributed by atoms with Gasteiger partial charge < -0.3 is 0 Å². The predicted molar refractivity (Wildman–Crippen MR) is 55.9 cm³/mol. The molecule has 0 radical (unpaired) electrons. The highest BCUT2D eigenvalue weighted by molar-refractivity contribution is 5.45. The second-order valence-electron chi connectivity index (χ2n) is 3.71. The predicted octanol–water partition coefficient (Wildman–Crippen LogP) is 3.83. The number of rotatable bonds is 3. The van der Waals surface area contributed by atoms with E-state index in [0.717, 1.165) is 18.0 Å². The third kappa shape index (κ3) is 3.29. The van der Waals surface area contributed by atoms with Crippen molar-refractivity contribution in [2.45, 2.75) is 26.7 Å². The Hall–Kier alpha value is -1.29. The molecule has 13 heavy (non-hydrogen) atoms. The standard InChI is InChI=1S/C12H15N/c1-10(2)4-5-11-6-8-12(13-3)9-7-11/h6-10H,4-5H2,1-2H3. The molecule has 0 spiro atoms. The van der Waals surface area contributed by atoms with Gasteiger partial charge in [0, 0.05) is 0 Å². The summed E-state index contributed by atoms with van der Waals surface area (Å²) in [5.74, 6) is 0.750. The van der Waals surface area contributed by atoms with E-state index < -0.39 is 0 Å². The molecule has 0 aliphatic rings. The monoisotopic (exact) mass is 173 g/mol. The van der Waals surface area contributed by atoms with Crippen LogP contribution in [-0.2, 0) is 6.42 Å². The second-order valence-corrected chi connectivity index (χ2v) is 3.71. The van der Waals surface area contributed by atoms with Crippen LogP contribution in [0.3, 0.4) is 0 Å². The van der Waals surface area contributed by atoms with Crippen molar-refractivity contribution in [3.05, 3.63) is 41.2 Å². The molecule has 0 aromatic heterocycles. The van der Waals surface area contributed by atoms with Crippen LogP contribution in [0.15, 0.2) is 24.3 Å². The molecule has 1 aromatic rings. The Labute approximate surface area is 80.2 Å². The largest absolute Gasteiger partial charge is 0.238 e. The molecule has 0 saturated heterocycles. The normalized spacial score (nSPS) is 10.0. The minimum atomic E-state index is 0.730. The summed E-state index contributed by atoms with van der Waals surface area (Å²) in [7, 11) is 0. The summed E-state index contributed by atoms with van der Waals surface area (Å²) in [4.78, 5) is 3.36. The van der Waals surface area contributed by atoms with Crippen LogP contribution >= 0.6 is 0 Å². The van der Waals surface area contributed by atoms with Crippen molar-refractivity contribution in [2.75, 3.05) is 0 Å². The van der Waals surface area contributed by atoms with Gasteiger partial charge in [0.15, 0.2) is 5.69 Å². The van der Waals surface area contributed by atoms with Crippen molar-refractivity contribution in [3.8, 4) is 0 Å². The van der Waals surface area contributed by atoms with Crippen molar-refractivity contribution >= 4 is 5.69 Å². The first-order valence-corrected chi connectivity index (χ1v) is 4.69. The van der Waals surface area contributed by atoms with Gasteiger partial charge in [0.05, 0.1) is 6.57 Å². The molecule has 1 heteroatoms. The smallest absolute Gasteiger partial charge is 0.187 e. The molecule has 0 saturated carbocycles. The van der Waals surface area contributed by atoms with Gasteiger partial charge in [-0.15, -0.1) is 0 Å². The van der Waals surface area contributed by atoms with E-state index in [0.29, 0.717) is 0 Å². The number of hydrogen-bond donors (Lipinski definition) is 0. The minimum Gasteiger partial charge on any atom is -0.238 e. The van der Waals surface area contributed by atoms with Gasteiger partial charge in [-0.3, -0.25) is 0 Å². The molecular formula is C12H15N. The molecule has 1 nitrogen and oxygen atoms in total. The van der Waals surface area contributed by atoms with Gasteiger partial charge >= 0.3 is 0 Å². The molecule has 1 aromatic carbocycles. The molecule has 0 amide bonds. The molecule has 0 unspecified atom stereocenters. The van der Waals surface area contributed by atoms with Crippen molar-refractivity contribution in [2.24, 2.45) is 5.92 Å². The van der Waals surface area contributed by atoms with Crippen LogP contribution in [0.2, 0.25) is 0 Å². The van der Waals surface area contributed by atoms with Gasteiger partial charge in [0.25, 0.3) is 0 Å². The molecule has 0 N–H and O–H groups in total. The number of nitrogens with zero attached hydrogens (tertiary/aromatic N) is 1. The molecule has 0 aliphatic heterocycles. The Morgan fingerprint density at radius 2 is 1.85 bits per heavy atom. The molecule has 0 heterocycles. The highest BCUT2D eigenvalue weighted by Gasteiger charge is 1.96. The lowest BCUT2D eigenvalue weighted by Crippen LogP contribution is -1.91. The second kappa shape index (κ2) is 4.67. The summed E-state index contributed by atoms with van der Waals surface area (Å²) >= 11 is 0. The maximum absolute atomic E-state index is 6.81. The Kier molecular flexibility index (Phi) is 3.52. The van der Waals surface area contributed by atoms with Crippen molar-refractivity contribution in [1.29, 1.82) is 0 Å². The molecule has 0 fully saturated rings. The first-order valence-electron chi connectivity index (χ1n) is 4.69. The average Bonchev–Trinajstić information content (AvgIpc) is 2.15. The van der Waals surface area contributed by atoms with Crippen LogP contribution in [0.4, 0.5) is 5.69 Å². The van der Waals surface area contributed by atoms with Crippen LogP contribution in [-0.4, -0.2) is 0 Å². The first-order chi connectivity index (χ1) is 6.22. The van der Waals surface area contributed by atoms with E-state index in [2.05, 4.69) is 30.8 Å². The zero-order chi connectivity index (χ0) is 9.68. The first kappa shape index (κ1) is 9.80. The Bertz CT molecular complexity index is 290. The van der Waals surface area contributed by atoms with Crippen LogP contribution in [0.25, 0.3) is 4.85 Å². The van der Waals surface area contributed by atoms with Crippen molar-refractivity contribution < 1.29 is 0 Å². The molecule has 1 rings (SSSR count). The van der Waals surface area contributed by atoms with Gasteiger partial charge in [-0.25, -0.2) is 4.85 Å². The average molecular weight is 173 g/mol. The summed E-state index contributed by atoms with van der Waals surface area (Å²) in [6.07, 6.45) is 2.34. The topological polar surface area (TPSA) is 4.36 Å². The lowest BCUT2D eigenvalue weighted by Gasteiger charge is -2.04. The highest BCUT2D eigenvalue weighted by Crippen LogP contribution is 2.15. The van der Waals surface area contributed by atoms with E-state index in [1.54, 1.807) is 0 Å². The molecular weight excluding hydrogens is 158 g/mol. The van der Waals surface area contributed by atoms with Crippen LogP contribution in [0.5, 0.6) is 0 Å². The fourth-order valence-electron chi connectivity index (χ4n) is 1.19. The summed E-state index contributed by atoms with van der Waals surface area (Å²) in [6.45, 7) is 11.3. The van der Waals surface area contributed by atoms with Crippen LogP contribution < -0.4 is 0 Å². The fraction of sp³-hybridized carbons (Fsp3) is 0.417. The SMILES string of the molecule is [C-]#[N+]c1ccc(CCC(C)C)cc1. The van der Waals surface area contributed by atoms with E-state index in [4.69, 9.17) is 6.57 Å². The van der Waals surface area contributed by atoms with Gasteiger partial charge in [-0.1, -0.05) is 43.7 Å². The van der Waals surface area contributed by atoms with Gasteiger partial charge in [-0.2, -0.15) is 0 Å². The number of benzene rings is 1. The lowest BCUT2D eigenvalue weighted by molar-refractivity contribution is 0.587. The fourth-order valence-corrected chi connectivity index (χ4v) is 1.19. The quantitative estimate of drug-likeness (QED) is 0.612. The Morgan fingerprint density at radius 1 is 1.23 bits per heavy atom. The van der Waals surface area contributed by atoms with Crippen molar-refractivity contribution in [3.63, 3.8) is 0 Å². The summed E-state index contributed by atoms with van der Waals surface area (Å²) in [6, 6.07) is 7.89. The minimum absolute atomic E-state index is 0.730. The summed E-state index contributed by atoms with van der Waals surface area (Å²) in [5.41, 5.74) is 2.06. The summed E-state index contributed by atoms with van der Waals surface area (Å²) < 4.78 is 0. The van der Waals surface area contributed by atoms with Gasteiger partial charge in [-0.05, 0) is 18.8 Å². The molecule has 0 aliphatic carbocycles. The third-order valence-electron chi connectivity index (χ3n) is 2.08. The zero-order valence-corrected chi connectivity index (χ0v) is 8.25. The van der Waals surface area contributed by atoms with E-state index in [1.807, 2.05) is 12.1 Å². The zero-order valence-electron chi connectivity index (χ0n) is 8.25. The number of hydrogen-bond acceptors (Lipinski definition) is 0. The lowest BCUT2D eigenvalue weighted by atomic mass is 10.0. The Balaban J connectivity index is 2.55.